The Morgan fingerprint density at radius 3 is 2.70 bits per heavy atom. The van der Waals surface area contributed by atoms with E-state index < -0.39 is 5.92 Å². The standard InChI is InChI=1S/C23H20N4O5S/c1-13-20(22(30)25-15-5-3-2-4-6-15)33-23(24-13)26-21(29)14-9-19(28)27(11-14)16-7-8-17-18(10-16)32-12-31-17/h2-8,10,14H,9,11-12H2,1H3,(H,25,30)(H,24,26,29). The first kappa shape index (κ1) is 21.0. The van der Waals surface area contributed by atoms with Crippen LogP contribution in [-0.4, -0.2) is 36.0 Å². The van der Waals surface area contributed by atoms with E-state index in [0.29, 0.717) is 38.6 Å². The molecule has 2 aromatic carbocycles. The number of nitrogens with zero attached hydrogens (tertiary/aromatic N) is 2. The van der Waals surface area contributed by atoms with Crippen molar-refractivity contribution in [1.82, 2.24) is 4.98 Å². The molecule has 10 heteroatoms. The number of para-hydroxylation sites is 1. The maximum absolute atomic E-state index is 12.8. The van der Waals surface area contributed by atoms with Gasteiger partial charge in [-0.05, 0) is 31.2 Å². The summed E-state index contributed by atoms with van der Waals surface area (Å²) in [4.78, 5) is 44.3. The second-order valence-electron chi connectivity index (χ2n) is 7.69. The lowest BCUT2D eigenvalue weighted by molar-refractivity contribution is -0.122. The highest BCUT2D eigenvalue weighted by Crippen LogP contribution is 2.37. The van der Waals surface area contributed by atoms with Gasteiger partial charge in [-0.25, -0.2) is 4.98 Å². The summed E-state index contributed by atoms with van der Waals surface area (Å²) < 4.78 is 10.7. The number of benzene rings is 2. The number of anilines is 3. The van der Waals surface area contributed by atoms with Crippen LogP contribution in [0.25, 0.3) is 0 Å². The van der Waals surface area contributed by atoms with E-state index in [2.05, 4.69) is 15.6 Å². The second kappa shape index (κ2) is 8.55. The Morgan fingerprint density at radius 2 is 1.88 bits per heavy atom. The van der Waals surface area contributed by atoms with Crippen molar-refractivity contribution in [2.24, 2.45) is 5.92 Å². The molecule has 3 heterocycles. The molecule has 0 bridgehead atoms. The molecule has 9 nitrogen and oxygen atoms in total. The number of hydrogen-bond acceptors (Lipinski definition) is 7. The molecule has 0 radical (unpaired) electrons. The number of amides is 3. The van der Waals surface area contributed by atoms with Crippen LogP contribution in [0.1, 0.15) is 21.8 Å². The van der Waals surface area contributed by atoms with Gasteiger partial charge in [-0.2, -0.15) is 0 Å². The summed E-state index contributed by atoms with van der Waals surface area (Å²) in [6, 6.07) is 14.4. The molecule has 2 aliphatic rings. The van der Waals surface area contributed by atoms with Gasteiger partial charge >= 0.3 is 0 Å². The third-order valence-corrected chi connectivity index (χ3v) is 6.50. The molecule has 33 heavy (non-hydrogen) atoms. The van der Waals surface area contributed by atoms with Crippen molar-refractivity contribution in [3.05, 3.63) is 59.1 Å². The molecule has 0 saturated carbocycles. The largest absolute Gasteiger partial charge is 0.454 e. The zero-order chi connectivity index (χ0) is 22.9. The minimum absolute atomic E-state index is 0.0893. The van der Waals surface area contributed by atoms with E-state index in [0.717, 1.165) is 11.3 Å². The van der Waals surface area contributed by atoms with Gasteiger partial charge in [0.05, 0.1) is 11.6 Å². The quantitative estimate of drug-likeness (QED) is 0.599. The topological polar surface area (TPSA) is 110 Å². The fourth-order valence-corrected chi connectivity index (χ4v) is 4.63. The lowest BCUT2D eigenvalue weighted by Gasteiger charge is -2.17. The monoisotopic (exact) mass is 464 g/mol. The van der Waals surface area contributed by atoms with Crippen LogP contribution in [0.4, 0.5) is 16.5 Å². The number of aromatic nitrogens is 1. The smallest absolute Gasteiger partial charge is 0.267 e. The average Bonchev–Trinajstić information content (AvgIpc) is 3.52. The zero-order valence-corrected chi connectivity index (χ0v) is 18.5. The maximum atomic E-state index is 12.8. The normalized spacial score (nSPS) is 16.7. The van der Waals surface area contributed by atoms with Gasteiger partial charge in [0.1, 0.15) is 4.88 Å². The van der Waals surface area contributed by atoms with Crippen molar-refractivity contribution in [3.8, 4) is 11.5 Å². The molecule has 1 aromatic heterocycles. The molecule has 1 fully saturated rings. The summed E-state index contributed by atoms with van der Waals surface area (Å²) >= 11 is 1.10. The van der Waals surface area contributed by atoms with Gasteiger partial charge < -0.3 is 25.0 Å². The molecule has 3 amide bonds. The minimum atomic E-state index is -0.534. The van der Waals surface area contributed by atoms with Crippen molar-refractivity contribution < 1.29 is 23.9 Å². The molecule has 5 rings (SSSR count). The van der Waals surface area contributed by atoms with Crippen LogP contribution in [0.5, 0.6) is 11.5 Å². The van der Waals surface area contributed by atoms with Crippen LogP contribution in [0, 0.1) is 12.8 Å². The molecule has 1 atom stereocenters. The Balaban J connectivity index is 1.24. The number of aryl methyl sites for hydroxylation is 1. The van der Waals surface area contributed by atoms with E-state index >= 15 is 0 Å². The van der Waals surface area contributed by atoms with Gasteiger partial charge in [0, 0.05) is 30.4 Å². The predicted octanol–water partition coefficient (Wildman–Crippen LogP) is 3.42. The highest BCUT2D eigenvalue weighted by Gasteiger charge is 2.36. The minimum Gasteiger partial charge on any atom is -0.454 e. The Morgan fingerprint density at radius 1 is 1.09 bits per heavy atom. The van der Waals surface area contributed by atoms with Gasteiger partial charge in [0.15, 0.2) is 16.6 Å². The molecule has 2 N–H and O–H groups in total. The number of nitrogens with one attached hydrogen (secondary N) is 2. The molecule has 1 saturated heterocycles. The Labute approximate surface area is 193 Å². The third kappa shape index (κ3) is 4.24. The zero-order valence-electron chi connectivity index (χ0n) is 17.7. The molecular weight excluding hydrogens is 444 g/mol. The fourth-order valence-electron chi connectivity index (χ4n) is 3.76. The van der Waals surface area contributed by atoms with Crippen LogP contribution >= 0.6 is 11.3 Å². The van der Waals surface area contributed by atoms with Gasteiger partial charge in [0.2, 0.25) is 18.6 Å². The maximum Gasteiger partial charge on any atom is 0.267 e. The van der Waals surface area contributed by atoms with Gasteiger partial charge in [-0.1, -0.05) is 29.5 Å². The van der Waals surface area contributed by atoms with E-state index in [1.54, 1.807) is 42.2 Å². The summed E-state index contributed by atoms with van der Waals surface area (Å²) in [6.45, 7) is 2.11. The van der Waals surface area contributed by atoms with E-state index in [9.17, 15) is 14.4 Å². The van der Waals surface area contributed by atoms with Crippen molar-refractivity contribution in [3.63, 3.8) is 0 Å². The van der Waals surface area contributed by atoms with E-state index in [1.807, 2.05) is 18.2 Å². The number of hydrogen-bond donors (Lipinski definition) is 2. The lowest BCUT2D eigenvalue weighted by atomic mass is 10.1. The van der Waals surface area contributed by atoms with Crippen LogP contribution in [0.2, 0.25) is 0 Å². The van der Waals surface area contributed by atoms with E-state index in [-0.39, 0.29) is 37.5 Å². The highest BCUT2D eigenvalue weighted by molar-refractivity contribution is 7.17. The van der Waals surface area contributed by atoms with Gasteiger partial charge in [0.25, 0.3) is 5.91 Å². The number of fused-ring (bicyclic) bond motifs is 1. The molecular formula is C23H20N4O5S. The van der Waals surface area contributed by atoms with Crippen molar-refractivity contribution in [1.29, 1.82) is 0 Å². The van der Waals surface area contributed by atoms with Crippen LogP contribution in [0.3, 0.4) is 0 Å². The second-order valence-corrected chi connectivity index (χ2v) is 8.68. The van der Waals surface area contributed by atoms with Crippen molar-refractivity contribution >= 4 is 45.6 Å². The summed E-state index contributed by atoms with van der Waals surface area (Å²) in [5, 5.41) is 5.90. The predicted molar refractivity (Wildman–Crippen MR) is 123 cm³/mol. The molecule has 168 valence electrons. The fraction of sp³-hybridized carbons (Fsp3) is 0.217. The molecule has 0 aliphatic carbocycles. The third-order valence-electron chi connectivity index (χ3n) is 5.43. The molecule has 3 aromatic rings. The highest BCUT2D eigenvalue weighted by atomic mass is 32.1. The number of carbonyl (C=O) groups is 3. The van der Waals surface area contributed by atoms with Crippen molar-refractivity contribution in [2.75, 3.05) is 28.9 Å². The van der Waals surface area contributed by atoms with Gasteiger partial charge in [-0.15, -0.1) is 0 Å². The summed E-state index contributed by atoms with van der Waals surface area (Å²) in [5.41, 5.74) is 1.85. The molecule has 0 spiro atoms. The van der Waals surface area contributed by atoms with E-state index in [1.165, 1.54) is 0 Å². The lowest BCUT2D eigenvalue weighted by Crippen LogP contribution is -2.28. The number of ether oxygens (including phenoxy) is 2. The Kier molecular flexibility index (Phi) is 5.43. The Hall–Kier alpha value is -3.92. The van der Waals surface area contributed by atoms with Crippen LogP contribution in [-0.2, 0) is 9.59 Å². The first-order valence-corrected chi connectivity index (χ1v) is 11.1. The first-order chi connectivity index (χ1) is 16.0. The van der Waals surface area contributed by atoms with Crippen molar-refractivity contribution in [2.45, 2.75) is 13.3 Å². The number of carbonyl (C=O) groups excluding carboxylic acids is 3. The Bertz CT molecular complexity index is 1240. The van der Waals surface area contributed by atoms with Crippen LogP contribution < -0.4 is 25.0 Å². The summed E-state index contributed by atoms with van der Waals surface area (Å²) in [6.07, 6.45) is 0.0893. The number of rotatable bonds is 5. The van der Waals surface area contributed by atoms with Crippen LogP contribution in [0.15, 0.2) is 48.5 Å². The average molecular weight is 465 g/mol. The SMILES string of the molecule is Cc1nc(NC(=O)C2CC(=O)N(c3ccc4c(c3)OCO4)C2)sc1C(=O)Nc1ccccc1. The first-order valence-electron chi connectivity index (χ1n) is 10.3. The van der Waals surface area contributed by atoms with Gasteiger partial charge in [-0.3, -0.25) is 14.4 Å². The van der Waals surface area contributed by atoms with E-state index in [4.69, 9.17) is 9.47 Å². The number of thiazole rings is 1. The molecule has 2 aliphatic heterocycles. The summed E-state index contributed by atoms with van der Waals surface area (Å²) in [5.74, 6) is -0.0724. The summed E-state index contributed by atoms with van der Waals surface area (Å²) in [7, 11) is 0. The molecule has 1 unspecified atom stereocenters.